The number of amides is 1. The number of anilines is 1. The van der Waals surface area contributed by atoms with Crippen molar-refractivity contribution < 1.29 is 9.53 Å². The molecular weight excluding hydrogens is 384 g/mol. The van der Waals surface area contributed by atoms with Crippen LogP contribution in [-0.2, 0) is 37.1 Å². The average Bonchev–Trinajstić information content (AvgIpc) is 3.49. The van der Waals surface area contributed by atoms with Gasteiger partial charge in [-0.15, -0.1) is 10.2 Å². The van der Waals surface area contributed by atoms with Crippen molar-refractivity contribution in [2.24, 2.45) is 0 Å². The molecule has 1 aliphatic carbocycles. The van der Waals surface area contributed by atoms with Crippen molar-refractivity contribution in [3.63, 3.8) is 0 Å². The van der Waals surface area contributed by atoms with Crippen molar-refractivity contribution in [3.05, 3.63) is 58.7 Å². The van der Waals surface area contributed by atoms with Gasteiger partial charge in [-0.1, -0.05) is 29.5 Å². The SMILES string of the molecule is O=C(OCCCc1nn[nH]n1)N1Cc2cnc(NC3Cc4ccccc4C3)nc2C1. The van der Waals surface area contributed by atoms with Gasteiger partial charge in [0.1, 0.15) is 0 Å². The largest absolute Gasteiger partial charge is 0.449 e. The molecule has 2 aromatic heterocycles. The van der Waals surface area contributed by atoms with Crippen LogP contribution in [0.2, 0.25) is 0 Å². The van der Waals surface area contributed by atoms with E-state index in [1.807, 2.05) is 0 Å². The zero-order valence-corrected chi connectivity index (χ0v) is 16.4. The Morgan fingerprint density at radius 3 is 2.80 bits per heavy atom. The average molecular weight is 406 g/mol. The van der Waals surface area contributed by atoms with E-state index in [1.165, 1.54) is 11.1 Å². The van der Waals surface area contributed by atoms with Gasteiger partial charge < -0.3 is 10.1 Å². The van der Waals surface area contributed by atoms with E-state index in [0.29, 0.717) is 50.4 Å². The molecule has 0 radical (unpaired) electrons. The van der Waals surface area contributed by atoms with Gasteiger partial charge in [0.25, 0.3) is 0 Å². The molecule has 1 aromatic carbocycles. The summed E-state index contributed by atoms with van der Waals surface area (Å²) in [5.74, 6) is 1.22. The number of aromatic amines is 1. The highest BCUT2D eigenvalue weighted by Gasteiger charge is 2.27. The van der Waals surface area contributed by atoms with Crippen LogP contribution in [0.3, 0.4) is 0 Å². The number of nitrogens with one attached hydrogen (secondary N) is 2. The second-order valence-corrected chi connectivity index (χ2v) is 7.59. The molecule has 154 valence electrons. The molecule has 5 rings (SSSR count). The highest BCUT2D eigenvalue weighted by Crippen LogP contribution is 2.25. The Bertz CT molecular complexity index is 1010. The first-order valence-corrected chi connectivity index (χ1v) is 10.1. The fraction of sp³-hybridized carbons (Fsp3) is 0.400. The minimum absolute atomic E-state index is 0.294. The van der Waals surface area contributed by atoms with Crippen LogP contribution < -0.4 is 5.32 Å². The number of benzene rings is 1. The number of aryl methyl sites for hydroxylation is 1. The Morgan fingerprint density at radius 1 is 1.20 bits per heavy atom. The van der Waals surface area contributed by atoms with Gasteiger partial charge in [0.05, 0.1) is 25.4 Å². The molecule has 2 aliphatic rings. The van der Waals surface area contributed by atoms with Gasteiger partial charge in [-0.25, -0.2) is 14.8 Å². The smallest absolute Gasteiger partial charge is 0.410 e. The summed E-state index contributed by atoms with van der Waals surface area (Å²) in [6, 6.07) is 8.79. The molecule has 10 nitrogen and oxygen atoms in total. The summed E-state index contributed by atoms with van der Waals surface area (Å²) in [5.41, 5.74) is 4.58. The van der Waals surface area contributed by atoms with E-state index in [4.69, 9.17) is 4.74 Å². The molecule has 30 heavy (non-hydrogen) atoms. The predicted octanol–water partition coefficient (Wildman–Crippen LogP) is 1.65. The summed E-state index contributed by atoms with van der Waals surface area (Å²) in [6.45, 7) is 1.20. The maximum atomic E-state index is 12.4. The van der Waals surface area contributed by atoms with Crippen molar-refractivity contribution >= 4 is 12.0 Å². The van der Waals surface area contributed by atoms with E-state index in [-0.39, 0.29) is 6.09 Å². The van der Waals surface area contributed by atoms with Crippen LogP contribution in [0.15, 0.2) is 30.5 Å². The standard InChI is InChI=1S/C20H22N8O2/c29-20(30-7-3-6-18-24-26-27-25-18)28-11-15-10-21-19(23-17(15)12-28)22-16-8-13-4-1-2-5-14(13)9-16/h1-2,4-5,10,16H,3,6-9,11-12H2,(H,21,22,23)(H,24,25,26,27). The zero-order valence-electron chi connectivity index (χ0n) is 16.4. The molecular formula is C20H22N8O2. The molecule has 0 bridgehead atoms. The number of tetrazole rings is 1. The maximum Gasteiger partial charge on any atom is 0.410 e. The second-order valence-electron chi connectivity index (χ2n) is 7.59. The van der Waals surface area contributed by atoms with Gasteiger partial charge in [0.15, 0.2) is 5.82 Å². The van der Waals surface area contributed by atoms with E-state index in [2.05, 4.69) is 60.2 Å². The maximum absolute atomic E-state index is 12.4. The Morgan fingerprint density at radius 2 is 2.03 bits per heavy atom. The lowest BCUT2D eigenvalue weighted by atomic mass is 10.1. The monoisotopic (exact) mass is 406 g/mol. The Labute approximate surface area is 173 Å². The molecule has 2 N–H and O–H groups in total. The molecule has 0 unspecified atom stereocenters. The van der Waals surface area contributed by atoms with E-state index in [9.17, 15) is 4.79 Å². The van der Waals surface area contributed by atoms with Crippen molar-refractivity contribution in [2.75, 3.05) is 11.9 Å². The Hall–Kier alpha value is -3.56. The number of H-pyrrole nitrogens is 1. The minimum Gasteiger partial charge on any atom is -0.449 e. The van der Waals surface area contributed by atoms with Crippen LogP contribution in [0.1, 0.15) is 34.6 Å². The molecule has 3 heterocycles. The fourth-order valence-electron chi connectivity index (χ4n) is 3.96. The lowest BCUT2D eigenvalue weighted by molar-refractivity contribution is 0.100. The number of carbonyl (C=O) groups is 1. The summed E-state index contributed by atoms with van der Waals surface area (Å²) in [4.78, 5) is 23.1. The summed E-state index contributed by atoms with van der Waals surface area (Å²) in [7, 11) is 0. The van der Waals surface area contributed by atoms with Gasteiger partial charge in [-0.05, 0) is 30.4 Å². The minimum atomic E-state index is -0.345. The summed E-state index contributed by atoms with van der Waals surface area (Å²) >= 11 is 0. The van der Waals surface area contributed by atoms with E-state index in [1.54, 1.807) is 11.1 Å². The molecule has 1 amide bonds. The van der Waals surface area contributed by atoms with Crippen LogP contribution in [0.25, 0.3) is 0 Å². The zero-order chi connectivity index (χ0) is 20.3. The molecule has 0 fully saturated rings. The summed E-state index contributed by atoms with van der Waals surface area (Å²) in [5, 5.41) is 17.1. The number of fused-ring (bicyclic) bond motifs is 2. The number of hydrogen-bond acceptors (Lipinski definition) is 8. The first-order valence-electron chi connectivity index (χ1n) is 10.1. The third kappa shape index (κ3) is 3.93. The first-order chi connectivity index (χ1) is 14.7. The van der Waals surface area contributed by atoms with Gasteiger partial charge in [-0.2, -0.15) is 5.21 Å². The normalized spacial score (nSPS) is 15.1. The number of rotatable bonds is 6. The van der Waals surface area contributed by atoms with E-state index < -0.39 is 0 Å². The Kier molecular flexibility index (Phi) is 4.96. The Balaban J connectivity index is 1.12. The lowest BCUT2D eigenvalue weighted by Gasteiger charge is -2.14. The van der Waals surface area contributed by atoms with Crippen LogP contribution in [0.5, 0.6) is 0 Å². The number of hydrogen-bond donors (Lipinski definition) is 2. The molecule has 0 saturated carbocycles. The van der Waals surface area contributed by atoms with Crippen molar-refractivity contribution in [2.45, 2.75) is 44.8 Å². The fourth-order valence-corrected chi connectivity index (χ4v) is 3.96. The topological polar surface area (TPSA) is 122 Å². The van der Waals surface area contributed by atoms with Gasteiger partial charge in [-0.3, -0.25) is 4.90 Å². The second kappa shape index (κ2) is 8.05. The summed E-state index contributed by atoms with van der Waals surface area (Å²) in [6.07, 6.45) is 4.65. The van der Waals surface area contributed by atoms with Crippen LogP contribution in [0, 0.1) is 0 Å². The number of aromatic nitrogens is 6. The molecule has 3 aromatic rings. The van der Waals surface area contributed by atoms with Gasteiger partial charge in [0.2, 0.25) is 5.95 Å². The molecule has 10 heteroatoms. The van der Waals surface area contributed by atoms with Crippen LogP contribution >= 0.6 is 0 Å². The number of ether oxygens (including phenoxy) is 1. The summed E-state index contributed by atoms with van der Waals surface area (Å²) < 4.78 is 5.37. The number of nitrogens with zero attached hydrogens (tertiary/aromatic N) is 6. The van der Waals surface area contributed by atoms with E-state index in [0.717, 1.165) is 24.1 Å². The van der Waals surface area contributed by atoms with Crippen molar-refractivity contribution in [1.82, 2.24) is 35.5 Å². The van der Waals surface area contributed by atoms with Crippen LogP contribution in [0.4, 0.5) is 10.7 Å². The quantitative estimate of drug-likeness (QED) is 0.593. The van der Waals surface area contributed by atoms with Gasteiger partial charge in [0, 0.05) is 24.2 Å². The molecule has 1 aliphatic heterocycles. The van der Waals surface area contributed by atoms with E-state index >= 15 is 0 Å². The molecule has 0 atom stereocenters. The lowest BCUT2D eigenvalue weighted by Crippen LogP contribution is -2.26. The number of carbonyl (C=O) groups excluding carboxylic acids is 1. The highest BCUT2D eigenvalue weighted by atomic mass is 16.6. The van der Waals surface area contributed by atoms with Crippen LogP contribution in [-0.4, -0.2) is 54.2 Å². The van der Waals surface area contributed by atoms with Crippen molar-refractivity contribution in [1.29, 1.82) is 0 Å². The molecule has 0 spiro atoms. The predicted molar refractivity (Wildman–Crippen MR) is 106 cm³/mol. The van der Waals surface area contributed by atoms with Crippen molar-refractivity contribution in [3.8, 4) is 0 Å². The highest BCUT2D eigenvalue weighted by molar-refractivity contribution is 5.68. The van der Waals surface area contributed by atoms with Gasteiger partial charge >= 0.3 is 6.09 Å². The third-order valence-electron chi connectivity index (χ3n) is 5.46. The third-order valence-corrected chi connectivity index (χ3v) is 5.46. The first kappa shape index (κ1) is 18.5. The molecule has 0 saturated heterocycles.